The minimum absolute atomic E-state index is 0.0801. The largest absolute Gasteiger partial charge is 0.465 e. The molecule has 2 rings (SSSR count). The molecule has 0 aliphatic rings. The normalized spacial score (nSPS) is 12.7. The Bertz CT molecular complexity index is 781. The zero-order valence-electron chi connectivity index (χ0n) is 14.8. The van der Waals surface area contributed by atoms with E-state index in [-0.39, 0.29) is 30.0 Å². The first-order valence-corrected chi connectivity index (χ1v) is 8.20. The molecule has 144 valence electrons. The number of alkyl carbamates (subject to hydrolysis) is 1. The van der Waals surface area contributed by atoms with Crippen LogP contribution in [0.25, 0.3) is 0 Å². The molecule has 2 atom stereocenters. The lowest BCUT2D eigenvalue weighted by molar-refractivity contribution is 0.0183. The molecule has 0 aromatic heterocycles. The number of amides is 1. The van der Waals surface area contributed by atoms with Crippen molar-refractivity contribution in [2.24, 2.45) is 0 Å². The first-order chi connectivity index (χ1) is 12.9. The van der Waals surface area contributed by atoms with Crippen molar-refractivity contribution in [3.63, 3.8) is 0 Å². The molecule has 0 saturated heterocycles. The summed E-state index contributed by atoms with van der Waals surface area (Å²) in [7, 11) is 1.21. The molecule has 0 bridgehead atoms. The van der Waals surface area contributed by atoms with Crippen LogP contribution in [-0.2, 0) is 16.1 Å². The highest BCUT2D eigenvalue weighted by atomic mass is 16.5. The fourth-order valence-electron chi connectivity index (χ4n) is 2.34. The van der Waals surface area contributed by atoms with Gasteiger partial charge in [-0.2, -0.15) is 0 Å². The molecule has 8 heteroatoms. The van der Waals surface area contributed by atoms with Gasteiger partial charge in [-0.25, -0.2) is 9.59 Å². The predicted molar refractivity (Wildman–Crippen MR) is 97.8 cm³/mol. The van der Waals surface area contributed by atoms with Gasteiger partial charge in [-0.3, -0.25) is 0 Å². The maximum Gasteiger partial charge on any atom is 0.407 e. The molecule has 2 aromatic rings. The number of hydrogen-bond acceptors (Lipinski definition) is 7. The third kappa shape index (κ3) is 5.70. The van der Waals surface area contributed by atoms with Crippen LogP contribution in [0.1, 0.15) is 27.6 Å². The van der Waals surface area contributed by atoms with Crippen LogP contribution in [-0.4, -0.2) is 42.0 Å². The average Bonchev–Trinajstić information content (AvgIpc) is 2.70. The summed E-state index contributed by atoms with van der Waals surface area (Å²) in [4.78, 5) is 23.4. The first kappa shape index (κ1) is 20.2. The Morgan fingerprint density at radius 1 is 1.15 bits per heavy atom. The third-order valence-electron chi connectivity index (χ3n) is 3.86. The number of nitrogens with one attached hydrogen (secondary N) is 1. The second-order valence-electron chi connectivity index (χ2n) is 5.79. The monoisotopic (exact) mass is 374 g/mol. The van der Waals surface area contributed by atoms with E-state index >= 15 is 0 Å². The van der Waals surface area contributed by atoms with Crippen LogP contribution in [0.2, 0.25) is 0 Å². The van der Waals surface area contributed by atoms with Gasteiger partial charge in [0.25, 0.3) is 0 Å². The van der Waals surface area contributed by atoms with Crippen LogP contribution < -0.4 is 11.1 Å². The number of carbonyl (C=O) groups excluding carboxylic acids is 2. The van der Waals surface area contributed by atoms with E-state index in [4.69, 9.17) is 10.5 Å². The van der Waals surface area contributed by atoms with Crippen molar-refractivity contribution in [2.75, 3.05) is 19.4 Å². The van der Waals surface area contributed by atoms with E-state index in [1.807, 2.05) is 30.3 Å². The lowest BCUT2D eigenvalue weighted by Gasteiger charge is -2.19. The number of benzene rings is 2. The molecule has 27 heavy (non-hydrogen) atoms. The summed E-state index contributed by atoms with van der Waals surface area (Å²) in [6.45, 7) is -0.154. The number of anilines is 1. The Morgan fingerprint density at radius 3 is 2.52 bits per heavy atom. The molecule has 0 aliphatic heterocycles. The highest BCUT2D eigenvalue weighted by Gasteiger charge is 2.21. The highest BCUT2D eigenvalue weighted by Crippen LogP contribution is 2.22. The predicted octanol–water partition coefficient (Wildman–Crippen LogP) is 1.38. The number of nitrogens with two attached hydrogens (primary N) is 1. The summed E-state index contributed by atoms with van der Waals surface area (Å²) >= 11 is 0. The van der Waals surface area contributed by atoms with Crippen LogP contribution in [0, 0.1) is 0 Å². The molecule has 0 heterocycles. The summed E-state index contributed by atoms with van der Waals surface area (Å²) < 4.78 is 9.64. The van der Waals surface area contributed by atoms with E-state index in [0.29, 0.717) is 0 Å². The molecular weight excluding hydrogens is 352 g/mol. The van der Waals surface area contributed by atoms with Crippen molar-refractivity contribution in [1.29, 1.82) is 0 Å². The van der Waals surface area contributed by atoms with Crippen molar-refractivity contribution >= 4 is 17.7 Å². The smallest absolute Gasteiger partial charge is 0.407 e. The molecule has 0 radical (unpaired) electrons. The molecule has 0 fully saturated rings. The molecular formula is C19H22N2O6. The van der Waals surface area contributed by atoms with Gasteiger partial charge in [0.15, 0.2) is 0 Å². The summed E-state index contributed by atoms with van der Waals surface area (Å²) in [6, 6.07) is 13.4. The molecule has 0 spiro atoms. The number of ether oxygens (including phenoxy) is 2. The van der Waals surface area contributed by atoms with Gasteiger partial charge < -0.3 is 30.7 Å². The second-order valence-corrected chi connectivity index (χ2v) is 5.79. The number of rotatable bonds is 7. The van der Waals surface area contributed by atoms with Gasteiger partial charge >= 0.3 is 12.1 Å². The van der Waals surface area contributed by atoms with Crippen molar-refractivity contribution in [2.45, 2.75) is 18.8 Å². The maximum atomic E-state index is 11.7. The quantitative estimate of drug-likeness (QED) is 0.425. The Labute approximate surface area is 156 Å². The number of esters is 1. The first-order valence-electron chi connectivity index (χ1n) is 8.20. The number of aliphatic hydroxyl groups excluding tert-OH is 2. The fraction of sp³-hybridized carbons (Fsp3) is 0.263. The molecule has 5 N–H and O–H groups in total. The van der Waals surface area contributed by atoms with E-state index in [2.05, 4.69) is 10.1 Å². The maximum absolute atomic E-state index is 11.7. The van der Waals surface area contributed by atoms with Crippen molar-refractivity contribution < 1.29 is 29.3 Å². The second kappa shape index (κ2) is 9.56. The zero-order chi connectivity index (χ0) is 19.8. The van der Waals surface area contributed by atoms with Crippen LogP contribution in [0.5, 0.6) is 0 Å². The van der Waals surface area contributed by atoms with Crippen molar-refractivity contribution in [1.82, 2.24) is 5.32 Å². The Balaban J connectivity index is 1.88. The van der Waals surface area contributed by atoms with Crippen LogP contribution in [0.15, 0.2) is 48.5 Å². The van der Waals surface area contributed by atoms with Gasteiger partial charge in [-0.05, 0) is 23.3 Å². The zero-order valence-corrected chi connectivity index (χ0v) is 14.8. The summed E-state index contributed by atoms with van der Waals surface area (Å²) in [5.74, 6) is -0.654. The average molecular weight is 374 g/mol. The topological polar surface area (TPSA) is 131 Å². The molecule has 2 aromatic carbocycles. The van der Waals surface area contributed by atoms with Gasteiger partial charge in [0.05, 0.1) is 12.7 Å². The van der Waals surface area contributed by atoms with E-state index < -0.39 is 24.3 Å². The van der Waals surface area contributed by atoms with Crippen LogP contribution in [0.3, 0.4) is 0 Å². The van der Waals surface area contributed by atoms with Crippen LogP contribution >= 0.6 is 0 Å². The lowest BCUT2D eigenvalue weighted by Crippen LogP contribution is -2.35. The molecule has 2 unspecified atom stereocenters. The number of carbonyl (C=O) groups is 2. The molecule has 8 nitrogen and oxygen atoms in total. The minimum Gasteiger partial charge on any atom is -0.465 e. The van der Waals surface area contributed by atoms with E-state index in [1.165, 1.54) is 25.3 Å². The van der Waals surface area contributed by atoms with Crippen molar-refractivity contribution in [3.8, 4) is 0 Å². The van der Waals surface area contributed by atoms with Gasteiger partial charge in [0.1, 0.15) is 18.8 Å². The lowest BCUT2D eigenvalue weighted by atomic mass is 10.0. The van der Waals surface area contributed by atoms with Gasteiger partial charge in [0.2, 0.25) is 0 Å². The van der Waals surface area contributed by atoms with E-state index in [0.717, 1.165) is 5.56 Å². The molecule has 0 aliphatic carbocycles. The van der Waals surface area contributed by atoms with Gasteiger partial charge in [-0.15, -0.1) is 0 Å². The Hall–Kier alpha value is -3.10. The van der Waals surface area contributed by atoms with Gasteiger partial charge in [-0.1, -0.05) is 36.4 Å². The highest BCUT2D eigenvalue weighted by molar-refractivity contribution is 5.95. The summed E-state index contributed by atoms with van der Waals surface area (Å²) in [5.41, 5.74) is 7.06. The number of aliphatic hydroxyl groups is 2. The van der Waals surface area contributed by atoms with Crippen molar-refractivity contribution in [3.05, 3.63) is 65.2 Å². The molecule has 0 saturated carbocycles. The number of hydrogen-bond donors (Lipinski definition) is 4. The van der Waals surface area contributed by atoms with E-state index in [9.17, 15) is 19.8 Å². The minimum atomic E-state index is -1.34. The fourth-order valence-corrected chi connectivity index (χ4v) is 2.34. The van der Waals surface area contributed by atoms with Gasteiger partial charge in [0, 0.05) is 12.2 Å². The summed E-state index contributed by atoms with van der Waals surface area (Å²) in [5, 5.41) is 22.7. The number of nitrogen functional groups attached to an aromatic ring is 1. The third-order valence-corrected chi connectivity index (χ3v) is 3.86. The summed E-state index contributed by atoms with van der Waals surface area (Å²) in [6.07, 6.45) is -3.38. The number of methoxy groups -OCH3 is 1. The van der Waals surface area contributed by atoms with Crippen LogP contribution in [0.4, 0.5) is 10.5 Å². The molecule has 1 amide bonds. The Morgan fingerprint density at radius 2 is 1.85 bits per heavy atom. The van der Waals surface area contributed by atoms with E-state index in [1.54, 1.807) is 0 Å². The Kier molecular flexibility index (Phi) is 7.16. The SMILES string of the molecule is COC(=O)c1cc(C(O)C(O)CNC(=O)OCc2ccccc2)ccc1N. The standard InChI is InChI=1S/C19H22N2O6/c1-26-18(24)14-9-13(7-8-15(14)20)17(23)16(22)10-21-19(25)27-11-12-5-3-2-4-6-12/h2-9,16-17,22-23H,10-11,20H2,1H3,(H,21,25).